The van der Waals surface area contributed by atoms with Crippen molar-refractivity contribution in [1.82, 2.24) is 20.2 Å². The van der Waals surface area contributed by atoms with Gasteiger partial charge in [0.25, 0.3) is 5.56 Å². The first kappa shape index (κ1) is 13.7. The molecule has 1 aromatic carbocycles. The van der Waals surface area contributed by atoms with Crippen LogP contribution in [-0.4, -0.2) is 42.1 Å². The fourth-order valence-electron chi connectivity index (χ4n) is 2.07. The lowest BCUT2D eigenvalue weighted by atomic mass is 10.2. The van der Waals surface area contributed by atoms with E-state index in [9.17, 15) is 4.79 Å². The molecule has 0 radical (unpaired) electrons. The van der Waals surface area contributed by atoms with E-state index in [0.29, 0.717) is 11.9 Å². The summed E-state index contributed by atoms with van der Waals surface area (Å²) in [5.41, 5.74) is 0.689. The average molecular weight is 260 g/mol. The molecule has 1 heterocycles. The van der Waals surface area contributed by atoms with Gasteiger partial charge in [0.2, 0.25) is 0 Å². The highest BCUT2D eigenvalue weighted by Crippen LogP contribution is 2.06. The van der Waals surface area contributed by atoms with Crippen LogP contribution in [0.5, 0.6) is 0 Å². The second-order valence-electron chi connectivity index (χ2n) is 4.72. The van der Waals surface area contributed by atoms with Crippen molar-refractivity contribution in [2.24, 2.45) is 0 Å². The summed E-state index contributed by atoms with van der Waals surface area (Å²) in [6.07, 6.45) is 1.07. The van der Waals surface area contributed by atoms with Crippen LogP contribution in [0.15, 0.2) is 29.1 Å². The fourth-order valence-corrected chi connectivity index (χ4v) is 2.07. The molecule has 0 fully saturated rings. The average Bonchev–Trinajstić information content (AvgIpc) is 2.39. The quantitative estimate of drug-likeness (QED) is 0.760. The van der Waals surface area contributed by atoms with Gasteiger partial charge in [-0.3, -0.25) is 9.69 Å². The Morgan fingerprint density at radius 1 is 1.37 bits per heavy atom. The molecule has 5 heteroatoms. The minimum absolute atomic E-state index is 0.0655. The van der Waals surface area contributed by atoms with Gasteiger partial charge in [-0.05, 0) is 45.7 Å². The minimum atomic E-state index is -0.0655. The largest absolute Gasteiger partial charge is 0.320 e. The molecule has 19 heavy (non-hydrogen) atoms. The van der Waals surface area contributed by atoms with Crippen LogP contribution in [0.1, 0.15) is 12.2 Å². The van der Waals surface area contributed by atoms with E-state index >= 15 is 0 Å². The van der Waals surface area contributed by atoms with Crippen molar-refractivity contribution < 1.29 is 0 Å². The number of nitrogens with one attached hydrogen (secondary N) is 2. The summed E-state index contributed by atoms with van der Waals surface area (Å²) < 4.78 is 0. The third-order valence-electron chi connectivity index (χ3n) is 3.05. The maximum atomic E-state index is 11.9. The van der Waals surface area contributed by atoms with Gasteiger partial charge in [0.05, 0.1) is 17.4 Å². The van der Waals surface area contributed by atoms with Gasteiger partial charge >= 0.3 is 0 Å². The predicted molar refractivity (Wildman–Crippen MR) is 77.2 cm³/mol. The predicted octanol–water partition coefficient (Wildman–Crippen LogP) is 0.964. The highest BCUT2D eigenvalue weighted by molar-refractivity contribution is 5.77. The number of rotatable bonds is 6. The summed E-state index contributed by atoms with van der Waals surface area (Å²) in [5, 5.41) is 3.76. The van der Waals surface area contributed by atoms with Gasteiger partial charge < -0.3 is 10.3 Å². The van der Waals surface area contributed by atoms with Crippen molar-refractivity contribution >= 4 is 10.9 Å². The Kier molecular flexibility index (Phi) is 4.65. The Labute approximate surface area is 112 Å². The van der Waals surface area contributed by atoms with Crippen molar-refractivity contribution in [3.63, 3.8) is 0 Å². The lowest BCUT2D eigenvalue weighted by molar-refractivity contribution is 0.313. The van der Waals surface area contributed by atoms with Gasteiger partial charge in [-0.25, -0.2) is 4.98 Å². The molecule has 0 aliphatic rings. The Morgan fingerprint density at radius 2 is 2.16 bits per heavy atom. The molecule has 0 aliphatic carbocycles. The highest BCUT2D eigenvalue weighted by atomic mass is 16.1. The van der Waals surface area contributed by atoms with E-state index in [1.807, 2.05) is 32.3 Å². The maximum Gasteiger partial charge on any atom is 0.258 e. The lowest BCUT2D eigenvalue weighted by Crippen LogP contribution is -2.25. The van der Waals surface area contributed by atoms with Crippen LogP contribution in [0.25, 0.3) is 10.9 Å². The van der Waals surface area contributed by atoms with E-state index in [4.69, 9.17) is 0 Å². The molecule has 2 N–H and O–H groups in total. The minimum Gasteiger partial charge on any atom is -0.320 e. The van der Waals surface area contributed by atoms with Crippen molar-refractivity contribution in [3.05, 3.63) is 40.4 Å². The molecule has 0 spiro atoms. The number of aromatic nitrogens is 2. The van der Waals surface area contributed by atoms with Crippen molar-refractivity contribution in [2.75, 3.05) is 27.2 Å². The third kappa shape index (κ3) is 3.62. The first-order valence-corrected chi connectivity index (χ1v) is 6.52. The molecule has 2 aromatic rings. The Balaban J connectivity index is 2.11. The van der Waals surface area contributed by atoms with Crippen LogP contribution in [0.3, 0.4) is 0 Å². The topological polar surface area (TPSA) is 61.0 Å². The van der Waals surface area contributed by atoms with E-state index in [-0.39, 0.29) is 5.56 Å². The van der Waals surface area contributed by atoms with Gasteiger partial charge in [-0.15, -0.1) is 0 Å². The maximum absolute atomic E-state index is 11.9. The SMILES string of the molecule is CNCCCN(C)Cc1nc2ccccc2c(=O)[nH]1. The van der Waals surface area contributed by atoms with Crippen LogP contribution < -0.4 is 10.9 Å². The standard InChI is InChI=1S/C14H20N4O/c1-15-8-5-9-18(2)10-13-16-12-7-4-3-6-11(12)14(19)17-13/h3-4,6-7,15H,5,8-10H2,1-2H3,(H,16,17,19). The van der Waals surface area contributed by atoms with Crippen LogP contribution >= 0.6 is 0 Å². The summed E-state index contributed by atoms with van der Waals surface area (Å²) >= 11 is 0. The number of nitrogens with zero attached hydrogens (tertiary/aromatic N) is 2. The Bertz CT molecular complexity index is 593. The zero-order valence-electron chi connectivity index (χ0n) is 11.4. The van der Waals surface area contributed by atoms with Crippen LogP contribution in [0.2, 0.25) is 0 Å². The molecular weight excluding hydrogens is 240 g/mol. The lowest BCUT2D eigenvalue weighted by Gasteiger charge is -2.15. The summed E-state index contributed by atoms with van der Waals surface area (Å²) in [7, 11) is 3.98. The summed E-state index contributed by atoms with van der Waals surface area (Å²) in [4.78, 5) is 21.4. The number of hydrogen-bond acceptors (Lipinski definition) is 4. The first-order chi connectivity index (χ1) is 9.20. The zero-order chi connectivity index (χ0) is 13.7. The van der Waals surface area contributed by atoms with Crippen molar-refractivity contribution in [3.8, 4) is 0 Å². The molecule has 0 saturated carbocycles. The molecule has 0 unspecified atom stereocenters. The highest BCUT2D eigenvalue weighted by Gasteiger charge is 2.05. The zero-order valence-corrected chi connectivity index (χ0v) is 11.4. The smallest absolute Gasteiger partial charge is 0.258 e. The van der Waals surface area contributed by atoms with Gasteiger partial charge in [0, 0.05) is 0 Å². The molecule has 0 atom stereocenters. The summed E-state index contributed by atoms with van der Waals surface area (Å²) in [6, 6.07) is 7.41. The van der Waals surface area contributed by atoms with E-state index in [2.05, 4.69) is 20.2 Å². The normalized spacial score (nSPS) is 11.3. The Morgan fingerprint density at radius 3 is 2.95 bits per heavy atom. The monoisotopic (exact) mass is 260 g/mol. The van der Waals surface area contributed by atoms with Crippen LogP contribution in [-0.2, 0) is 6.54 Å². The van der Waals surface area contributed by atoms with Gasteiger partial charge in [-0.1, -0.05) is 12.1 Å². The number of fused-ring (bicyclic) bond motifs is 1. The van der Waals surface area contributed by atoms with Gasteiger partial charge in [0.1, 0.15) is 5.82 Å². The molecule has 0 amide bonds. The fraction of sp³-hybridized carbons (Fsp3) is 0.429. The Hall–Kier alpha value is -1.72. The number of para-hydroxylation sites is 1. The van der Waals surface area contributed by atoms with E-state index < -0.39 is 0 Å². The molecule has 0 saturated heterocycles. The second-order valence-corrected chi connectivity index (χ2v) is 4.72. The summed E-state index contributed by atoms with van der Waals surface area (Å²) in [6.45, 7) is 2.62. The van der Waals surface area contributed by atoms with Crippen LogP contribution in [0.4, 0.5) is 0 Å². The third-order valence-corrected chi connectivity index (χ3v) is 3.05. The molecule has 0 aliphatic heterocycles. The van der Waals surface area contributed by atoms with Crippen molar-refractivity contribution in [1.29, 1.82) is 0 Å². The van der Waals surface area contributed by atoms with E-state index in [1.54, 1.807) is 6.07 Å². The van der Waals surface area contributed by atoms with E-state index in [0.717, 1.165) is 30.9 Å². The number of H-pyrrole nitrogens is 1. The summed E-state index contributed by atoms with van der Waals surface area (Å²) in [5.74, 6) is 0.718. The molecule has 2 rings (SSSR count). The second kappa shape index (κ2) is 6.45. The molecule has 102 valence electrons. The first-order valence-electron chi connectivity index (χ1n) is 6.52. The molecule has 0 bridgehead atoms. The van der Waals surface area contributed by atoms with E-state index in [1.165, 1.54) is 0 Å². The van der Waals surface area contributed by atoms with Gasteiger partial charge in [-0.2, -0.15) is 0 Å². The van der Waals surface area contributed by atoms with Crippen LogP contribution in [0, 0.1) is 0 Å². The van der Waals surface area contributed by atoms with Gasteiger partial charge in [0.15, 0.2) is 0 Å². The molecular formula is C14H20N4O. The van der Waals surface area contributed by atoms with Crippen molar-refractivity contribution in [2.45, 2.75) is 13.0 Å². The number of aromatic amines is 1. The molecule has 1 aromatic heterocycles. The number of benzene rings is 1. The number of hydrogen-bond donors (Lipinski definition) is 2. The molecule has 5 nitrogen and oxygen atoms in total.